The Labute approximate surface area is 187 Å². The van der Waals surface area contributed by atoms with Crippen LogP contribution in [0.15, 0.2) is 77.7 Å². The van der Waals surface area contributed by atoms with Gasteiger partial charge in [0.05, 0.1) is 11.9 Å². The second-order valence-electron chi connectivity index (χ2n) is 7.05. The fourth-order valence-electron chi connectivity index (χ4n) is 2.83. The number of nitrogens with one attached hydrogen (secondary N) is 2. The third-order valence-electron chi connectivity index (χ3n) is 4.54. The average Bonchev–Trinajstić information content (AvgIpc) is 2.77. The smallest absolute Gasteiger partial charge is 0.255 e. The number of aryl methyl sites for hydroxylation is 1. The first-order chi connectivity index (χ1) is 14.9. The molecule has 0 aliphatic heterocycles. The first-order valence-electron chi connectivity index (χ1n) is 10.1. The number of hydrogen-bond acceptors (Lipinski definition) is 4. The summed E-state index contributed by atoms with van der Waals surface area (Å²) < 4.78 is 5.41. The molecule has 0 heterocycles. The van der Waals surface area contributed by atoms with Gasteiger partial charge >= 0.3 is 0 Å². The molecular weight excluding hydrogens is 408 g/mol. The lowest BCUT2D eigenvalue weighted by atomic mass is 10.1. The molecule has 0 aliphatic carbocycles. The lowest BCUT2D eigenvalue weighted by molar-refractivity contribution is -0.115. The molecule has 0 fully saturated rings. The van der Waals surface area contributed by atoms with Gasteiger partial charge in [-0.2, -0.15) is 0 Å². The third-order valence-corrected chi connectivity index (χ3v) is 5.65. The standard InChI is InChI=1S/C25H26N2O3S/c1-4-30-22-13-9-20(10-14-22)26-24(28)18(3)31-23-15-11-21(12-16-23)27-25(29)19-7-5-17(2)6-8-19/h5-16,18H,4H2,1-3H3,(H,26,28)(H,27,29). The van der Waals surface area contributed by atoms with Crippen molar-refractivity contribution in [3.05, 3.63) is 83.9 Å². The van der Waals surface area contributed by atoms with Gasteiger partial charge in [0.2, 0.25) is 5.91 Å². The van der Waals surface area contributed by atoms with Crippen molar-refractivity contribution in [2.75, 3.05) is 17.2 Å². The highest BCUT2D eigenvalue weighted by Crippen LogP contribution is 2.26. The van der Waals surface area contributed by atoms with Gasteiger partial charge in [-0.15, -0.1) is 11.8 Å². The van der Waals surface area contributed by atoms with Crippen molar-refractivity contribution >= 4 is 35.0 Å². The quantitative estimate of drug-likeness (QED) is 0.442. The molecule has 6 heteroatoms. The fraction of sp³-hybridized carbons (Fsp3) is 0.200. The van der Waals surface area contributed by atoms with E-state index in [9.17, 15) is 9.59 Å². The monoisotopic (exact) mass is 434 g/mol. The summed E-state index contributed by atoms with van der Waals surface area (Å²) in [5.41, 5.74) is 3.17. The average molecular weight is 435 g/mol. The number of hydrogen-bond donors (Lipinski definition) is 2. The molecule has 0 aliphatic rings. The number of ether oxygens (including phenoxy) is 1. The number of amides is 2. The summed E-state index contributed by atoms with van der Waals surface area (Å²) in [6.07, 6.45) is 0. The molecule has 0 aromatic heterocycles. The minimum Gasteiger partial charge on any atom is -0.494 e. The Hall–Kier alpha value is -3.25. The molecule has 1 unspecified atom stereocenters. The number of rotatable bonds is 8. The molecule has 3 aromatic rings. The Morgan fingerprint density at radius 3 is 2.06 bits per heavy atom. The zero-order valence-corrected chi connectivity index (χ0v) is 18.7. The maximum Gasteiger partial charge on any atom is 0.255 e. The van der Waals surface area contributed by atoms with Gasteiger partial charge in [0, 0.05) is 21.8 Å². The number of anilines is 2. The van der Waals surface area contributed by atoms with Gasteiger partial charge in [-0.1, -0.05) is 17.7 Å². The van der Waals surface area contributed by atoms with Crippen molar-refractivity contribution < 1.29 is 14.3 Å². The molecule has 1 atom stereocenters. The van der Waals surface area contributed by atoms with Crippen LogP contribution >= 0.6 is 11.8 Å². The summed E-state index contributed by atoms with van der Waals surface area (Å²) in [5.74, 6) is 0.548. The molecule has 2 N–H and O–H groups in total. The molecule has 0 spiro atoms. The van der Waals surface area contributed by atoms with Gasteiger partial charge in [0.15, 0.2) is 0 Å². The van der Waals surface area contributed by atoms with Crippen molar-refractivity contribution in [3.63, 3.8) is 0 Å². The Morgan fingerprint density at radius 2 is 1.45 bits per heavy atom. The van der Waals surface area contributed by atoms with Gasteiger partial charge < -0.3 is 15.4 Å². The van der Waals surface area contributed by atoms with E-state index in [1.807, 2.05) is 81.4 Å². The molecule has 160 valence electrons. The van der Waals surface area contributed by atoms with Crippen molar-refractivity contribution in [2.45, 2.75) is 30.9 Å². The second kappa shape index (κ2) is 10.7. The normalized spacial score (nSPS) is 11.5. The van der Waals surface area contributed by atoms with Crippen LogP contribution in [0.4, 0.5) is 11.4 Å². The molecule has 0 bridgehead atoms. The predicted octanol–water partition coefficient (Wildman–Crippen LogP) is 5.77. The minimum absolute atomic E-state index is 0.0779. The van der Waals surface area contributed by atoms with Crippen molar-refractivity contribution in [1.82, 2.24) is 0 Å². The molecule has 0 saturated heterocycles. The highest BCUT2D eigenvalue weighted by molar-refractivity contribution is 8.00. The summed E-state index contributed by atoms with van der Waals surface area (Å²) in [7, 11) is 0. The largest absolute Gasteiger partial charge is 0.494 e. The number of benzene rings is 3. The first-order valence-corrected chi connectivity index (χ1v) is 11.0. The van der Waals surface area contributed by atoms with Crippen LogP contribution in [0.5, 0.6) is 5.75 Å². The van der Waals surface area contributed by atoms with Crippen LogP contribution in [0.1, 0.15) is 29.8 Å². The summed E-state index contributed by atoms with van der Waals surface area (Å²) in [6, 6.07) is 22.2. The zero-order chi connectivity index (χ0) is 22.2. The highest BCUT2D eigenvalue weighted by atomic mass is 32.2. The molecular formula is C25H26N2O3S. The Kier molecular flexibility index (Phi) is 7.73. The van der Waals surface area contributed by atoms with Gasteiger partial charge in [-0.25, -0.2) is 0 Å². The van der Waals surface area contributed by atoms with E-state index in [2.05, 4.69) is 10.6 Å². The van der Waals surface area contributed by atoms with E-state index in [0.717, 1.165) is 21.9 Å². The molecule has 2 amide bonds. The topological polar surface area (TPSA) is 67.4 Å². The van der Waals surface area contributed by atoms with Crippen LogP contribution in [0, 0.1) is 6.92 Å². The lowest BCUT2D eigenvalue weighted by Gasteiger charge is -2.13. The predicted molar refractivity (Wildman–Crippen MR) is 127 cm³/mol. The maximum absolute atomic E-state index is 12.5. The number of carbonyl (C=O) groups excluding carboxylic acids is 2. The Bertz CT molecular complexity index is 1020. The van der Waals surface area contributed by atoms with Crippen molar-refractivity contribution in [2.24, 2.45) is 0 Å². The van der Waals surface area contributed by atoms with E-state index in [4.69, 9.17) is 4.74 Å². The molecule has 3 aromatic carbocycles. The van der Waals surface area contributed by atoms with Gasteiger partial charge in [-0.05, 0) is 81.4 Å². The van der Waals surface area contributed by atoms with Gasteiger partial charge in [0.25, 0.3) is 5.91 Å². The van der Waals surface area contributed by atoms with Crippen LogP contribution in [-0.2, 0) is 4.79 Å². The van der Waals surface area contributed by atoms with Crippen molar-refractivity contribution in [1.29, 1.82) is 0 Å². The van der Waals surface area contributed by atoms with E-state index in [1.54, 1.807) is 12.1 Å². The van der Waals surface area contributed by atoms with Crippen LogP contribution < -0.4 is 15.4 Å². The summed E-state index contributed by atoms with van der Waals surface area (Å²) >= 11 is 1.46. The number of thioether (sulfide) groups is 1. The molecule has 31 heavy (non-hydrogen) atoms. The van der Waals surface area contributed by atoms with Crippen LogP contribution in [0.25, 0.3) is 0 Å². The van der Waals surface area contributed by atoms with E-state index >= 15 is 0 Å². The minimum atomic E-state index is -0.278. The van der Waals surface area contributed by atoms with Crippen LogP contribution in [0.2, 0.25) is 0 Å². The number of carbonyl (C=O) groups is 2. The fourth-order valence-corrected chi connectivity index (χ4v) is 3.70. The molecule has 3 rings (SSSR count). The summed E-state index contributed by atoms with van der Waals surface area (Å²) in [4.78, 5) is 25.8. The second-order valence-corrected chi connectivity index (χ2v) is 8.47. The molecule has 0 saturated carbocycles. The van der Waals surface area contributed by atoms with E-state index < -0.39 is 0 Å². The zero-order valence-electron chi connectivity index (χ0n) is 17.8. The lowest BCUT2D eigenvalue weighted by Crippen LogP contribution is -2.22. The Balaban J connectivity index is 1.52. The van der Waals surface area contributed by atoms with E-state index in [-0.39, 0.29) is 17.1 Å². The third kappa shape index (κ3) is 6.62. The maximum atomic E-state index is 12.5. The van der Waals surface area contributed by atoms with E-state index in [1.165, 1.54) is 11.8 Å². The van der Waals surface area contributed by atoms with Gasteiger partial charge in [-0.3, -0.25) is 9.59 Å². The molecule has 0 radical (unpaired) electrons. The highest BCUT2D eigenvalue weighted by Gasteiger charge is 2.15. The SMILES string of the molecule is CCOc1ccc(NC(=O)C(C)Sc2ccc(NC(=O)c3ccc(C)cc3)cc2)cc1. The Morgan fingerprint density at radius 1 is 0.871 bits per heavy atom. The van der Waals surface area contributed by atoms with Crippen LogP contribution in [0.3, 0.4) is 0 Å². The van der Waals surface area contributed by atoms with E-state index in [0.29, 0.717) is 17.9 Å². The van der Waals surface area contributed by atoms with Crippen molar-refractivity contribution in [3.8, 4) is 5.75 Å². The van der Waals surface area contributed by atoms with Gasteiger partial charge in [0.1, 0.15) is 5.75 Å². The van der Waals surface area contributed by atoms with Crippen LogP contribution in [-0.4, -0.2) is 23.7 Å². The summed E-state index contributed by atoms with van der Waals surface area (Å²) in [5, 5.41) is 5.53. The first kappa shape index (κ1) is 22.4. The molecule has 5 nitrogen and oxygen atoms in total. The summed E-state index contributed by atoms with van der Waals surface area (Å²) in [6.45, 7) is 6.38.